The van der Waals surface area contributed by atoms with Gasteiger partial charge in [0.1, 0.15) is 0 Å². The molecule has 0 bridgehead atoms. The summed E-state index contributed by atoms with van der Waals surface area (Å²) in [7, 11) is 0. The number of para-hydroxylation sites is 2. The van der Waals surface area contributed by atoms with Gasteiger partial charge in [0.2, 0.25) is 0 Å². The molecule has 1 aromatic carbocycles. The smallest absolute Gasteiger partial charge is 0.0794 e. The van der Waals surface area contributed by atoms with Gasteiger partial charge in [-0.3, -0.25) is 4.98 Å². The number of hydrogen-bond acceptors (Lipinski definition) is 4. The second-order valence-electron chi connectivity index (χ2n) is 4.89. The van der Waals surface area contributed by atoms with Crippen LogP contribution in [0.25, 0.3) is 0 Å². The summed E-state index contributed by atoms with van der Waals surface area (Å²) in [5.74, 6) is 0. The van der Waals surface area contributed by atoms with Crippen molar-refractivity contribution in [2.45, 2.75) is 25.8 Å². The van der Waals surface area contributed by atoms with Crippen molar-refractivity contribution in [3.05, 3.63) is 40.8 Å². The Labute approximate surface area is 118 Å². The van der Waals surface area contributed by atoms with E-state index in [1.54, 1.807) is 11.3 Å². The first kappa shape index (κ1) is 12.5. The van der Waals surface area contributed by atoms with Crippen molar-refractivity contribution in [1.82, 2.24) is 4.98 Å². The van der Waals surface area contributed by atoms with Gasteiger partial charge in [-0.1, -0.05) is 12.1 Å². The Balaban J connectivity index is 1.73. The Morgan fingerprint density at radius 2 is 2.00 bits per heavy atom. The van der Waals surface area contributed by atoms with Gasteiger partial charge in [0, 0.05) is 24.2 Å². The summed E-state index contributed by atoms with van der Waals surface area (Å²) in [6.45, 7) is 3.22. The van der Waals surface area contributed by atoms with Crippen LogP contribution in [0.3, 0.4) is 0 Å². The van der Waals surface area contributed by atoms with E-state index < -0.39 is 0 Å². The molecule has 100 valence electrons. The zero-order valence-electron chi connectivity index (χ0n) is 11.0. The maximum atomic E-state index is 4.11. The van der Waals surface area contributed by atoms with Crippen LogP contribution in [-0.2, 0) is 6.54 Å². The molecule has 0 unspecified atom stereocenters. The number of hydrogen-bond donors (Lipinski definition) is 1. The largest absolute Gasteiger partial charge is 0.378 e. The summed E-state index contributed by atoms with van der Waals surface area (Å²) in [5, 5.41) is 3.54. The van der Waals surface area contributed by atoms with E-state index in [1.165, 1.54) is 48.6 Å². The monoisotopic (exact) mass is 273 g/mol. The molecule has 0 aliphatic carbocycles. The topological polar surface area (TPSA) is 28.2 Å². The predicted molar refractivity (Wildman–Crippen MR) is 81.9 cm³/mol. The van der Waals surface area contributed by atoms with Gasteiger partial charge in [-0.25, -0.2) is 0 Å². The first-order valence-corrected chi connectivity index (χ1v) is 7.77. The highest BCUT2D eigenvalue weighted by molar-refractivity contribution is 7.09. The fourth-order valence-corrected chi connectivity index (χ4v) is 3.08. The SMILES string of the molecule is c1ccc(N2CCCCC2)c(NCc2cncs2)c1. The van der Waals surface area contributed by atoms with Gasteiger partial charge in [0.15, 0.2) is 0 Å². The van der Waals surface area contributed by atoms with Crippen LogP contribution in [-0.4, -0.2) is 18.1 Å². The fraction of sp³-hybridized carbons (Fsp3) is 0.400. The zero-order chi connectivity index (χ0) is 12.9. The Hall–Kier alpha value is -1.55. The van der Waals surface area contributed by atoms with E-state index in [9.17, 15) is 0 Å². The molecule has 4 heteroatoms. The van der Waals surface area contributed by atoms with Crippen LogP contribution in [0.2, 0.25) is 0 Å². The normalized spacial score (nSPS) is 15.5. The van der Waals surface area contributed by atoms with Crippen LogP contribution in [0.1, 0.15) is 24.1 Å². The maximum Gasteiger partial charge on any atom is 0.0794 e. The van der Waals surface area contributed by atoms with Crippen molar-refractivity contribution in [3.8, 4) is 0 Å². The minimum absolute atomic E-state index is 0.857. The number of nitrogens with one attached hydrogen (secondary N) is 1. The molecule has 2 aromatic rings. The Bertz CT molecular complexity index is 504. The third-order valence-electron chi connectivity index (χ3n) is 3.54. The highest BCUT2D eigenvalue weighted by Crippen LogP contribution is 2.28. The molecule has 0 amide bonds. The summed E-state index contributed by atoms with van der Waals surface area (Å²) < 4.78 is 0. The van der Waals surface area contributed by atoms with Gasteiger partial charge in [0.05, 0.1) is 23.4 Å². The molecule has 0 radical (unpaired) electrons. The summed E-state index contributed by atoms with van der Waals surface area (Å²) in [6.07, 6.45) is 5.92. The molecule has 0 atom stereocenters. The molecule has 2 heterocycles. The lowest BCUT2D eigenvalue weighted by Gasteiger charge is -2.30. The van der Waals surface area contributed by atoms with Crippen LogP contribution in [0.5, 0.6) is 0 Å². The number of rotatable bonds is 4. The number of thiazole rings is 1. The van der Waals surface area contributed by atoms with E-state index in [2.05, 4.69) is 39.5 Å². The average molecular weight is 273 g/mol. The van der Waals surface area contributed by atoms with E-state index in [0.29, 0.717) is 0 Å². The van der Waals surface area contributed by atoms with Crippen LogP contribution in [0.4, 0.5) is 11.4 Å². The molecule has 0 saturated carbocycles. The minimum atomic E-state index is 0.857. The molecule has 3 rings (SSSR count). The molecule has 1 fully saturated rings. The lowest BCUT2D eigenvalue weighted by Crippen LogP contribution is -2.30. The molecular weight excluding hydrogens is 254 g/mol. The molecule has 0 spiro atoms. The third kappa shape index (κ3) is 3.07. The molecular formula is C15H19N3S. The van der Waals surface area contributed by atoms with Crippen molar-refractivity contribution >= 4 is 22.7 Å². The van der Waals surface area contributed by atoms with Crippen LogP contribution >= 0.6 is 11.3 Å². The van der Waals surface area contributed by atoms with Crippen molar-refractivity contribution in [2.24, 2.45) is 0 Å². The second-order valence-corrected chi connectivity index (χ2v) is 5.86. The lowest BCUT2D eigenvalue weighted by atomic mass is 10.1. The van der Waals surface area contributed by atoms with Gasteiger partial charge < -0.3 is 10.2 Å². The number of aromatic nitrogens is 1. The molecule has 19 heavy (non-hydrogen) atoms. The van der Waals surface area contributed by atoms with E-state index >= 15 is 0 Å². The van der Waals surface area contributed by atoms with Crippen molar-refractivity contribution in [3.63, 3.8) is 0 Å². The predicted octanol–water partition coefficient (Wildman–Crippen LogP) is 3.75. The third-order valence-corrected chi connectivity index (χ3v) is 4.32. The average Bonchev–Trinajstić information content (AvgIpc) is 3.00. The summed E-state index contributed by atoms with van der Waals surface area (Å²) in [6, 6.07) is 8.62. The first-order chi connectivity index (χ1) is 9.43. The summed E-state index contributed by atoms with van der Waals surface area (Å²) >= 11 is 1.70. The van der Waals surface area contributed by atoms with E-state index in [1.807, 2.05) is 11.7 Å². The second kappa shape index (κ2) is 6.06. The Morgan fingerprint density at radius 3 is 2.79 bits per heavy atom. The van der Waals surface area contributed by atoms with Crippen LogP contribution < -0.4 is 10.2 Å². The van der Waals surface area contributed by atoms with Gasteiger partial charge in [-0.05, 0) is 31.4 Å². The number of nitrogens with zero attached hydrogens (tertiary/aromatic N) is 2. The summed E-state index contributed by atoms with van der Waals surface area (Å²) in [4.78, 5) is 7.89. The molecule has 1 aliphatic heterocycles. The molecule has 1 N–H and O–H groups in total. The van der Waals surface area contributed by atoms with E-state index in [0.717, 1.165) is 6.54 Å². The Morgan fingerprint density at radius 1 is 1.16 bits per heavy atom. The number of piperidine rings is 1. The molecule has 3 nitrogen and oxygen atoms in total. The van der Waals surface area contributed by atoms with Gasteiger partial charge >= 0.3 is 0 Å². The molecule has 1 aliphatic rings. The highest BCUT2D eigenvalue weighted by Gasteiger charge is 2.13. The molecule has 1 saturated heterocycles. The van der Waals surface area contributed by atoms with E-state index in [-0.39, 0.29) is 0 Å². The lowest BCUT2D eigenvalue weighted by molar-refractivity contribution is 0.578. The van der Waals surface area contributed by atoms with Crippen LogP contribution in [0.15, 0.2) is 36.0 Å². The van der Waals surface area contributed by atoms with E-state index in [4.69, 9.17) is 0 Å². The highest BCUT2D eigenvalue weighted by atomic mass is 32.1. The van der Waals surface area contributed by atoms with Crippen LogP contribution in [0, 0.1) is 0 Å². The van der Waals surface area contributed by atoms with Crippen molar-refractivity contribution in [2.75, 3.05) is 23.3 Å². The number of anilines is 2. The minimum Gasteiger partial charge on any atom is -0.378 e. The zero-order valence-corrected chi connectivity index (χ0v) is 11.8. The number of benzene rings is 1. The fourth-order valence-electron chi connectivity index (χ4n) is 2.55. The van der Waals surface area contributed by atoms with Gasteiger partial charge in [-0.15, -0.1) is 11.3 Å². The van der Waals surface area contributed by atoms with Crippen molar-refractivity contribution < 1.29 is 0 Å². The maximum absolute atomic E-state index is 4.11. The van der Waals surface area contributed by atoms with Gasteiger partial charge in [-0.2, -0.15) is 0 Å². The standard InChI is InChI=1S/C15H19N3S/c1-4-8-18(9-5-1)15-7-3-2-6-14(15)17-11-13-10-16-12-19-13/h2-3,6-7,10,12,17H,1,4-5,8-9,11H2. The molecule has 1 aromatic heterocycles. The quantitative estimate of drug-likeness (QED) is 0.919. The van der Waals surface area contributed by atoms with Crippen molar-refractivity contribution in [1.29, 1.82) is 0 Å². The summed E-state index contributed by atoms with van der Waals surface area (Å²) in [5.41, 5.74) is 4.46. The van der Waals surface area contributed by atoms with Gasteiger partial charge in [0.25, 0.3) is 0 Å². The Kier molecular flexibility index (Phi) is 3.98. The first-order valence-electron chi connectivity index (χ1n) is 6.89.